The van der Waals surface area contributed by atoms with E-state index in [9.17, 15) is 14.8 Å². The summed E-state index contributed by atoms with van der Waals surface area (Å²) in [5, 5.41) is 24.2. The van der Waals surface area contributed by atoms with Crippen molar-refractivity contribution in [3.8, 4) is 0 Å². The van der Waals surface area contributed by atoms with Gasteiger partial charge in [-0.15, -0.1) is 5.01 Å². The molecule has 10 heteroatoms. The Morgan fingerprint density at radius 2 is 2.21 bits per heavy atom. The van der Waals surface area contributed by atoms with Crippen molar-refractivity contribution < 1.29 is 34.0 Å². The number of hydrogen-bond donors (Lipinski definition) is 1. The molecule has 1 aliphatic heterocycles. The molecule has 1 heterocycles. The van der Waals surface area contributed by atoms with E-state index >= 15 is 0 Å². The Balaban J connectivity index is 2.28. The average molecular weight is 277 g/mol. The van der Waals surface area contributed by atoms with Crippen LogP contribution in [-0.2, 0) is 19.1 Å². The van der Waals surface area contributed by atoms with Crippen molar-refractivity contribution >= 4 is 12.1 Å². The number of carboxylic acid groups (broad SMARTS) is 1. The lowest BCUT2D eigenvalue weighted by molar-refractivity contribution is -0.727. The molecule has 1 N–H and O–H groups in total. The zero-order chi connectivity index (χ0) is 14.4. The van der Waals surface area contributed by atoms with Crippen LogP contribution in [0, 0.1) is 11.1 Å². The Labute approximate surface area is 108 Å². The summed E-state index contributed by atoms with van der Waals surface area (Å²) in [5.74, 6) is -1.55. The highest BCUT2D eigenvalue weighted by molar-refractivity contribution is 5.71. The minimum atomic E-state index is -1.09. The maximum atomic E-state index is 11.3. The lowest BCUT2D eigenvalue weighted by atomic mass is 10.0. The van der Waals surface area contributed by atoms with Gasteiger partial charge in [0.05, 0.1) is 24.7 Å². The van der Waals surface area contributed by atoms with Gasteiger partial charge in [0, 0.05) is 6.92 Å². The third-order valence-electron chi connectivity index (χ3n) is 2.24. The third-order valence-corrected chi connectivity index (χ3v) is 2.24. The summed E-state index contributed by atoms with van der Waals surface area (Å²) < 4.78 is 9.07. The average Bonchev–Trinajstić information content (AvgIpc) is 2.23. The molecular weight excluding hydrogens is 262 g/mol. The predicted octanol–water partition coefficient (Wildman–Crippen LogP) is 0.331. The summed E-state index contributed by atoms with van der Waals surface area (Å²) >= 11 is 0. The van der Waals surface area contributed by atoms with Crippen molar-refractivity contribution in [2.75, 3.05) is 19.7 Å². The number of carbonyl (C=O) groups is 2. The number of hydrazine groups is 1. The van der Waals surface area contributed by atoms with Crippen molar-refractivity contribution in [1.82, 2.24) is 5.01 Å². The van der Waals surface area contributed by atoms with E-state index in [1.54, 1.807) is 6.92 Å². The number of carbonyl (C=O) groups excluding carboxylic acids is 1. The van der Waals surface area contributed by atoms with Crippen LogP contribution >= 0.6 is 0 Å². The largest absolute Gasteiger partial charge is 0.569 e. The number of hydrogen-bond acceptors (Lipinski definition) is 7. The molecule has 1 rings (SSSR count). The maximum Gasteiger partial charge on any atom is 0.511 e. The molecule has 10 nitrogen and oxygen atoms in total. The van der Waals surface area contributed by atoms with Crippen LogP contribution in [0.25, 0.3) is 0 Å². The van der Waals surface area contributed by atoms with E-state index in [0.717, 1.165) is 5.01 Å². The minimum absolute atomic E-state index is 0.0544. The lowest BCUT2D eigenvalue weighted by Gasteiger charge is -2.31. The molecule has 1 saturated heterocycles. The molecule has 0 aromatic rings. The zero-order valence-corrected chi connectivity index (χ0v) is 10.5. The Morgan fingerprint density at radius 1 is 1.58 bits per heavy atom. The van der Waals surface area contributed by atoms with Crippen LogP contribution < -0.4 is 0 Å². The first-order chi connectivity index (χ1) is 8.93. The Morgan fingerprint density at radius 3 is 2.74 bits per heavy atom. The minimum Gasteiger partial charge on any atom is -0.569 e. The smallest absolute Gasteiger partial charge is 0.511 e. The van der Waals surface area contributed by atoms with Crippen molar-refractivity contribution in [2.45, 2.75) is 20.1 Å². The van der Waals surface area contributed by atoms with Crippen LogP contribution in [0.2, 0.25) is 0 Å². The predicted molar refractivity (Wildman–Crippen MR) is 57.4 cm³/mol. The third kappa shape index (κ3) is 4.48. The van der Waals surface area contributed by atoms with Crippen LogP contribution in [0.15, 0.2) is 5.28 Å². The molecule has 0 aliphatic carbocycles. The molecule has 1 unspecified atom stereocenters. The molecule has 0 spiro atoms. The van der Waals surface area contributed by atoms with E-state index in [0.29, 0.717) is 0 Å². The van der Waals surface area contributed by atoms with Crippen LogP contribution in [-0.4, -0.2) is 53.2 Å². The van der Waals surface area contributed by atoms with Gasteiger partial charge in [-0.1, -0.05) is 0 Å². The quantitative estimate of drug-likeness (QED) is 0.242. The fraction of sp³-hybridized carbons (Fsp3) is 0.778. The fourth-order valence-electron chi connectivity index (χ4n) is 1.22. The normalized spacial score (nSPS) is 17.4. The van der Waals surface area contributed by atoms with Crippen molar-refractivity contribution in [1.29, 1.82) is 0 Å². The highest BCUT2D eigenvalue weighted by Crippen LogP contribution is 2.15. The van der Waals surface area contributed by atoms with Gasteiger partial charge >= 0.3 is 12.1 Å². The van der Waals surface area contributed by atoms with Gasteiger partial charge in [0.15, 0.2) is 0 Å². The van der Waals surface area contributed by atoms with Crippen molar-refractivity contribution in [2.24, 2.45) is 11.2 Å². The van der Waals surface area contributed by atoms with E-state index in [2.05, 4.69) is 19.6 Å². The van der Waals surface area contributed by atoms with Crippen molar-refractivity contribution in [3.63, 3.8) is 0 Å². The lowest BCUT2D eigenvalue weighted by Crippen LogP contribution is -2.53. The van der Waals surface area contributed by atoms with E-state index < -0.39 is 24.3 Å². The van der Waals surface area contributed by atoms with E-state index in [1.807, 2.05) is 0 Å². The molecule has 1 aliphatic rings. The molecule has 108 valence electrons. The monoisotopic (exact) mass is 277 g/mol. The highest BCUT2D eigenvalue weighted by atomic mass is 16.8. The molecule has 0 aromatic carbocycles. The summed E-state index contributed by atoms with van der Waals surface area (Å²) in [6.45, 7) is 3.22. The van der Waals surface area contributed by atoms with Gasteiger partial charge in [-0.3, -0.25) is 9.63 Å². The second-order valence-corrected chi connectivity index (χ2v) is 3.72. The van der Waals surface area contributed by atoms with Gasteiger partial charge < -0.3 is 19.8 Å². The van der Waals surface area contributed by atoms with Crippen LogP contribution in [0.3, 0.4) is 0 Å². The van der Waals surface area contributed by atoms with Gasteiger partial charge in [-0.05, 0) is 6.92 Å². The molecule has 0 radical (unpaired) electrons. The Hall–Kier alpha value is -2.26. The molecule has 1 atom stereocenters. The van der Waals surface area contributed by atoms with Crippen LogP contribution in [0.1, 0.15) is 13.8 Å². The van der Waals surface area contributed by atoms with Gasteiger partial charge in [0.2, 0.25) is 5.28 Å². The zero-order valence-electron chi connectivity index (χ0n) is 10.5. The SMILES string of the molecule is CCOC(=O)OC(C)O/N=[N+](\[O-])N1CC(C(=O)O)C1. The second-order valence-electron chi connectivity index (χ2n) is 3.72. The molecule has 0 bridgehead atoms. The summed E-state index contributed by atoms with van der Waals surface area (Å²) in [6, 6.07) is 0. The summed E-state index contributed by atoms with van der Waals surface area (Å²) in [7, 11) is 0. The van der Waals surface area contributed by atoms with Gasteiger partial charge in [-0.25, -0.2) is 4.79 Å². The second kappa shape index (κ2) is 6.61. The Kier molecular flexibility index (Phi) is 5.15. The first kappa shape index (κ1) is 14.8. The van der Waals surface area contributed by atoms with E-state index in [-0.39, 0.29) is 24.7 Å². The summed E-state index contributed by atoms with van der Waals surface area (Å²) in [6.07, 6.45) is -2.02. The number of rotatable bonds is 6. The topological polar surface area (TPSA) is 124 Å². The summed E-state index contributed by atoms with van der Waals surface area (Å²) in [4.78, 5) is 26.1. The first-order valence-electron chi connectivity index (χ1n) is 5.59. The molecule has 0 saturated carbocycles. The van der Waals surface area contributed by atoms with Gasteiger partial charge in [0.1, 0.15) is 5.92 Å². The molecular formula is C9H15N3O7. The number of carboxylic acids is 1. The highest BCUT2D eigenvalue weighted by Gasteiger charge is 2.38. The maximum absolute atomic E-state index is 11.3. The molecule has 1 fully saturated rings. The van der Waals surface area contributed by atoms with E-state index in [4.69, 9.17) is 5.11 Å². The van der Waals surface area contributed by atoms with Gasteiger partial charge in [-0.2, -0.15) is 0 Å². The van der Waals surface area contributed by atoms with E-state index in [1.165, 1.54) is 6.92 Å². The van der Waals surface area contributed by atoms with Crippen molar-refractivity contribution in [3.05, 3.63) is 5.21 Å². The number of aliphatic carboxylic acids is 1. The standard InChI is InChI=1S/C9H15N3O7/c1-3-17-9(15)18-6(2)19-10-12(16)11-4-7(5-11)8(13)14/h6-7H,3-5H2,1-2H3,(H,13,14)/b12-10-. The molecule has 0 amide bonds. The first-order valence-corrected chi connectivity index (χ1v) is 5.59. The van der Waals surface area contributed by atoms with Crippen LogP contribution in [0.5, 0.6) is 0 Å². The Bertz CT molecular complexity index is 367. The number of ether oxygens (including phenoxy) is 2. The molecule has 0 aromatic heterocycles. The van der Waals surface area contributed by atoms with Gasteiger partial charge in [0.25, 0.3) is 6.29 Å². The number of nitrogens with zero attached hydrogens (tertiary/aromatic N) is 3. The fourth-order valence-corrected chi connectivity index (χ4v) is 1.22. The van der Waals surface area contributed by atoms with Crippen LogP contribution in [0.4, 0.5) is 4.79 Å². The summed E-state index contributed by atoms with van der Waals surface area (Å²) in [5.41, 5.74) is 0. The molecule has 19 heavy (non-hydrogen) atoms.